The molecule has 2 aromatic rings. The predicted molar refractivity (Wildman–Crippen MR) is 109 cm³/mol. The minimum atomic E-state index is 0.0241. The van der Waals surface area contributed by atoms with Crippen molar-refractivity contribution in [2.75, 3.05) is 57.4 Å². The van der Waals surface area contributed by atoms with Crippen molar-refractivity contribution in [1.29, 1.82) is 0 Å². The largest absolute Gasteiger partial charge is 0.379 e. The Labute approximate surface area is 169 Å². The highest BCUT2D eigenvalue weighted by molar-refractivity contribution is 7.17. The molecular weight excluding hydrogens is 376 g/mol. The highest BCUT2D eigenvalue weighted by atomic mass is 32.1. The van der Waals surface area contributed by atoms with Crippen LogP contribution in [-0.2, 0) is 9.53 Å². The van der Waals surface area contributed by atoms with Crippen LogP contribution in [0, 0.1) is 5.92 Å². The summed E-state index contributed by atoms with van der Waals surface area (Å²) in [7, 11) is 0. The van der Waals surface area contributed by atoms with Gasteiger partial charge in [0.15, 0.2) is 0 Å². The Hall–Kier alpha value is -1.97. The van der Waals surface area contributed by atoms with Crippen molar-refractivity contribution in [2.24, 2.45) is 5.92 Å². The summed E-state index contributed by atoms with van der Waals surface area (Å²) in [5.41, 5.74) is 0. The number of carbonyl (C=O) groups is 1. The van der Waals surface area contributed by atoms with Crippen molar-refractivity contribution in [3.8, 4) is 5.13 Å². The molecule has 4 heterocycles. The van der Waals surface area contributed by atoms with Crippen molar-refractivity contribution in [2.45, 2.75) is 19.3 Å². The average molecular weight is 405 g/mol. The second-order valence-electron chi connectivity index (χ2n) is 7.34. The van der Waals surface area contributed by atoms with Crippen LogP contribution >= 0.6 is 11.3 Å². The van der Waals surface area contributed by atoms with Crippen LogP contribution in [0.1, 0.15) is 19.3 Å². The molecule has 0 radical (unpaired) electrons. The van der Waals surface area contributed by atoms with Gasteiger partial charge in [-0.05, 0) is 37.9 Å². The predicted octanol–water partition coefficient (Wildman–Crippen LogP) is 1.38. The van der Waals surface area contributed by atoms with E-state index in [1.54, 1.807) is 11.3 Å². The molecule has 1 N–H and O–H groups in total. The van der Waals surface area contributed by atoms with Crippen molar-refractivity contribution >= 4 is 22.4 Å². The number of nitrogens with one attached hydrogen (secondary N) is 1. The molecule has 4 rings (SSSR count). The quantitative estimate of drug-likeness (QED) is 0.703. The Balaban J connectivity index is 1.23. The second-order valence-corrected chi connectivity index (χ2v) is 8.28. The molecular formula is C19H28N6O2S. The van der Waals surface area contributed by atoms with Gasteiger partial charge in [0.1, 0.15) is 0 Å². The van der Waals surface area contributed by atoms with Crippen molar-refractivity contribution in [3.05, 3.63) is 24.5 Å². The van der Waals surface area contributed by atoms with E-state index < -0.39 is 0 Å². The zero-order valence-electron chi connectivity index (χ0n) is 16.1. The molecule has 2 saturated heterocycles. The third kappa shape index (κ3) is 4.89. The number of aromatic nitrogens is 3. The number of carbonyl (C=O) groups excluding carboxylic acids is 1. The molecule has 0 bridgehead atoms. The van der Waals surface area contributed by atoms with E-state index in [2.05, 4.69) is 25.3 Å². The smallest absolute Gasteiger partial charge is 0.224 e. The third-order valence-corrected chi connectivity index (χ3v) is 6.34. The number of rotatable bonds is 7. The molecule has 8 nitrogen and oxygen atoms in total. The lowest BCUT2D eigenvalue weighted by molar-refractivity contribution is -0.125. The van der Waals surface area contributed by atoms with Gasteiger partial charge in [0.2, 0.25) is 16.2 Å². The molecule has 0 aliphatic carbocycles. The highest BCUT2D eigenvalue weighted by Crippen LogP contribution is 2.27. The van der Waals surface area contributed by atoms with Crippen molar-refractivity contribution < 1.29 is 9.53 Å². The molecule has 1 atom stereocenters. The molecule has 0 unspecified atom stereocenters. The Morgan fingerprint density at radius 3 is 2.79 bits per heavy atom. The number of piperidine rings is 1. The summed E-state index contributed by atoms with van der Waals surface area (Å²) in [6, 6.07) is 3.95. The molecule has 2 fully saturated rings. The number of nitrogens with zero attached hydrogens (tertiary/aromatic N) is 5. The normalized spacial score (nSPS) is 21.0. The van der Waals surface area contributed by atoms with Gasteiger partial charge in [0, 0.05) is 45.1 Å². The van der Waals surface area contributed by atoms with E-state index in [1.165, 1.54) is 0 Å². The molecule has 2 aliphatic rings. The van der Waals surface area contributed by atoms with E-state index in [0.717, 1.165) is 82.0 Å². The van der Waals surface area contributed by atoms with Gasteiger partial charge in [-0.25, -0.2) is 0 Å². The fourth-order valence-corrected chi connectivity index (χ4v) is 4.60. The Morgan fingerprint density at radius 2 is 1.96 bits per heavy atom. The number of anilines is 1. The number of amides is 1. The first-order chi connectivity index (χ1) is 13.8. The molecule has 152 valence electrons. The summed E-state index contributed by atoms with van der Waals surface area (Å²) in [5.74, 6) is 0.192. The zero-order chi connectivity index (χ0) is 19.2. The third-order valence-electron chi connectivity index (χ3n) is 5.35. The average Bonchev–Trinajstić information content (AvgIpc) is 3.44. The Kier molecular flexibility index (Phi) is 6.56. The molecule has 0 saturated carbocycles. The summed E-state index contributed by atoms with van der Waals surface area (Å²) < 4.78 is 7.33. The van der Waals surface area contributed by atoms with Crippen LogP contribution in [0.2, 0.25) is 0 Å². The van der Waals surface area contributed by atoms with E-state index in [9.17, 15) is 4.79 Å². The summed E-state index contributed by atoms with van der Waals surface area (Å²) >= 11 is 1.57. The monoisotopic (exact) mass is 404 g/mol. The number of hydrogen-bond donors (Lipinski definition) is 1. The van der Waals surface area contributed by atoms with Crippen LogP contribution in [0.5, 0.6) is 0 Å². The van der Waals surface area contributed by atoms with Crippen molar-refractivity contribution in [3.63, 3.8) is 0 Å². The Bertz CT molecular complexity index is 743. The SMILES string of the molecule is O=C(NCCCN1CCOCC1)[C@@H]1CCCN(c2nnc(-n3cccc3)s2)C1. The van der Waals surface area contributed by atoms with Crippen LogP contribution in [0.3, 0.4) is 0 Å². The Morgan fingerprint density at radius 1 is 1.18 bits per heavy atom. The van der Waals surface area contributed by atoms with Gasteiger partial charge in [-0.2, -0.15) is 0 Å². The topological polar surface area (TPSA) is 75.5 Å². The van der Waals surface area contributed by atoms with E-state index >= 15 is 0 Å². The van der Waals surface area contributed by atoms with Crippen LogP contribution < -0.4 is 10.2 Å². The lowest BCUT2D eigenvalue weighted by Crippen LogP contribution is -2.44. The zero-order valence-corrected chi connectivity index (χ0v) is 16.9. The first kappa shape index (κ1) is 19.4. The van der Waals surface area contributed by atoms with Gasteiger partial charge in [0.25, 0.3) is 0 Å². The van der Waals surface area contributed by atoms with Crippen LogP contribution in [0.4, 0.5) is 5.13 Å². The molecule has 2 aromatic heterocycles. The van der Waals surface area contributed by atoms with Gasteiger partial charge >= 0.3 is 0 Å². The van der Waals surface area contributed by atoms with Crippen LogP contribution in [0.25, 0.3) is 5.13 Å². The standard InChI is InChI=1S/C19H28N6O2S/c26-17(20-6-4-7-23-11-13-27-14-12-23)16-5-3-10-25(15-16)19-22-21-18(28-19)24-8-1-2-9-24/h1-2,8-9,16H,3-7,10-15H2,(H,20,26)/t16-/m1/s1. The van der Waals surface area contributed by atoms with Gasteiger partial charge in [0.05, 0.1) is 19.1 Å². The second kappa shape index (κ2) is 9.49. The molecule has 0 spiro atoms. The molecule has 0 aromatic carbocycles. The fourth-order valence-electron chi connectivity index (χ4n) is 3.75. The molecule has 9 heteroatoms. The number of ether oxygens (including phenoxy) is 1. The summed E-state index contributed by atoms with van der Waals surface area (Å²) in [4.78, 5) is 17.2. The van der Waals surface area contributed by atoms with Gasteiger partial charge < -0.3 is 15.0 Å². The molecule has 2 aliphatic heterocycles. The van der Waals surface area contributed by atoms with E-state index in [1.807, 2.05) is 29.1 Å². The summed E-state index contributed by atoms with van der Waals surface area (Å²) in [6.45, 7) is 7.05. The van der Waals surface area contributed by atoms with Gasteiger partial charge in [-0.1, -0.05) is 11.3 Å². The maximum Gasteiger partial charge on any atom is 0.224 e. The lowest BCUT2D eigenvalue weighted by Gasteiger charge is -2.31. The van der Waals surface area contributed by atoms with E-state index in [4.69, 9.17) is 4.74 Å². The first-order valence-corrected chi connectivity index (χ1v) is 10.9. The van der Waals surface area contributed by atoms with Crippen LogP contribution in [-0.4, -0.2) is 78.1 Å². The van der Waals surface area contributed by atoms with E-state index in [0.29, 0.717) is 0 Å². The van der Waals surface area contributed by atoms with Gasteiger partial charge in [-0.3, -0.25) is 14.3 Å². The van der Waals surface area contributed by atoms with Crippen LogP contribution in [0.15, 0.2) is 24.5 Å². The number of morpholine rings is 1. The maximum absolute atomic E-state index is 12.6. The minimum Gasteiger partial charge on any atom is -0.379 e. The summed E-state index contributed by atoms with van der Waals surface area (Å²) in [5, 5.41) is 13.5. The maximum atomic E-state index is 12.6. The summed E-state index contributed by atoms with van der Waals surface area (Å²) in [6.07, 6.45) is 6.86. The lowest BCUT2D eigenvalue weighted by atomic mass is 9.97. The first-order valence-electron chi connectivity index (χ1n) is 10.1. The fraction of sp³-hybridized carbons (Fsp3) is 0.632. The van der Waals surface area contributed by atoms with Gasteiger partial charge in [-0.15, -0.1) is 10.2 Å². The highest BCUT2D eigenvalue weighted by Gasteiger charge is 2.27. The van der Waals surface area contributed by atoms with Crippen molar-refractivity contribution in [1.82, 2.24) is 25.0 Å². The molecule has 28 heavy (non-hydrogen) atoms. The minimum absolute atomic E-state index is 0.0241. The number of hydrogen-bond acceptors (Lipinski definition) is 7. The van der Waals surface area contributed by atoms with E-state index in [-0.39, 0.29) is 11.8 Å². The molecule has 1 amide bonds.